The van der Waals surface area contributed by atoms with Gasteiger partial charge in [-0.3, -0.25) is 4.79 Å². The molecule has 110 valence electrons. The van der Waals surface area contributed by atoms with Crippen molar-refractivity contribution in [2.75, 3.05) is 13.7 Å². The number of hydrogen-bond donors (Lipinski definition) is 2. The van der Waals surface area contributed by atoms with E-state index in [4.69, 9.17) is 4.74 Å². The minimum Gasteiger partial charge on any atom is -0.497 e. The first-order valence-corrected chi connectivity index (χ1v) is 7.95. The van der Waals surface area contributed by atoms with E-state index in [1.807, 2.05) is 0 Å². The number of benzene rings is 1. The van der Waals surface area contributed by atoms with Gasteiger partial charge in [0.25, 0.3) is 0 Å². The molecule has 1 aromatic rings. The van der Waals surface area contributed by atoms with Crippen LogP contribution in [0.4, 0.5) is 0 Å². The first kappa shape index (κ1) is 14.8. The molecule has 7 heteroatoms. The number of sulfonamides is 1. The fourth-order valence-corrected chi connectivity index (χ4v) is 3.29. The molecular weight excluding hydrogens is 280 g/mol. The topological polar surface area (TPSA) is 84.5 Å². The van der Waals surface area contributed by atoms with Gasteiger partial charge >= 0.3 is 0 Å². The van der Waals surface area contributed by atoms with Gasteiger partial charge < -0.3 is 10.1 Å². The molecule has 1 fully saturated rings. The van der Waals surface area contributed by atoms with E-state index in [9.17, 15) is 13.2 Å². The second kappa shape index (κ2) is 6.23. The van der Waals surface area contributed by atoms with Crippen LogP contribution >= 0.6 is 0 Å². The lowest BCUT2D eigenvalue weighted by Gasteiger charge is -2.15. The van der Waals surface area contributed by atoms with Crippen LogP contribution in [0.2, 0.25) is 0 Å². The van der Waals surface area contributed by atoms with Crippen molar-refractivity contribution in [2.24, 2.45) is 0 Å². The van der Waals surface area contributed by atoms with Crippen LogP contribution in [0.25, 0.3) is 0 Å². The van der Waals surface area contributed by atoms with Gasteiger partial charge in [0.2, 0.25) is 15.9 Å². The monoisotopic (exact) mass is 298 g/mol. The van der Waals surface area contributed by atoms with Gasteiger partial charge in [-0.2, -0.15) is 4.72 Å². The molecule has 0 bridgehead atoms. The molecule has 1 aromatic carbocycles. The molecule has 0 saturated carbocycles. The molecule has 0 radical (unpaired) electrons. The van der Waals surface area contributed by atoms with Crippen LogP contribution in [0.3, 0.4) is 0 Å². The second-order valence-corrected chi connectivity index (χ2v) is 6.35. The molecule has 0 aromatic heterocycles. The van der Waals surface area contributed by atoms with Gasteiger partial charge in [-0.1, -0.05) is 0 Å². The SMILES string of the molecule is COc1ccc(S(=O)(=O)NC2CCCCNC2=O)cc1. The molecule has 6 nitrogen and oxygen atoms in total. The van der Waals surface area contributed by atoms with Gasteiger partial charge in [-0.15, -0.1) is 0 Å². The number of carbonyl (C=O) groups excluding carboxylic acids is 1. The minimum absolute atomic E-state index is 0.121. The molecule has 1 atom stereocenters. The molecular formula is C13H18N2O4S. The molecule has 2 rings (SSSR count). The maximum atomic E-state index is 12.2. The fraction of sp³-hybridized carbons (Fsp3) is 0.462. The summed E-state index contributed by atoms with van der Waals surface area (Å²) in [6.07, 6.45) is 2.20. The third-order valence-corrected chi connectivity index (χ3v) is 4.69. The number of carbonyl (C=O) groups is 1. The Bertz CT molecular complexity index is 569. The van der Waals surface area contributed by atoms with Crippen molar-refractivity contribution in [1.29, 1.82) is 0 Å². The predicted octanol–water partition coefficient (Wildman–Crippen LogP) is 0.642. The Morgan fingerprint density at radius 3 is 2.60 bits per heavy atom. The van der Waals surface area contributed by atoms with E-state index >= 15 is 0 Å². The number of amides is 1. The highest BCUT2D eigenvalue weighted by Gasteiger charge is 2.26. The van der Waals surface area contributed by atoms with Crippen molar-refractivity contribution >= 4 is 15.9 Å². The first-order chi connectivity index (χ1) is 9.53. The zero-order chi connectivity index (χ0) is 14.6. The molecule has 1 aliphatic heterocycles. The zero-order valence-electron chi connectivity index (χ0n) is 11.3. The molecule has 20 heavy (non-hydrogen) atoms. The molecule has 1 saturated heterocycles. The molecule has 1 amide bonds. The number of ether oxygens (including phenoxy) is 1. The second-order valence-electron chi connectivity index (χ2n) is 4.64. The molecule has 1 heterocycles. The number of rotatable bonds is 4. The highest BCUT2D eigenvalue weighted by molar-refractivity contribution is 7.89. The summed E-state index contributed by atoms with van der Waals surface area (Å²) in [6, 6.07) is 5.35. The van der Waals surface area contributed by atoms with Crippen molar-refractivity contribution in [3.63, 3.8) is 0 Å². The van der Waals surface area contributed by atoms with Gasteiger partial charge in [-0.05, 0) is 43.5 Å². The maximum Gasteiger partial charge on any atom is 0.241 e. The summed E-state index contributed by atoms with van der Waals surface area (Å²) in [5.74, 6) is 0.316. The van der Waals surface area contributed by atoms with Crippen molar-refractivity contribution in [1.82, 2.24) is 10.0 Å². The Morgan fingerprint density at radius 2 is 1.95 bits per heavy atom. The molecule has 1 aliphatic rings. The van der Waals surface area contributed by atoms with E-state index in [0.29, 0.717) is 18.7 Å². The van der Waals surface area contributed by atoms with Crippen LogP contribution < -0.4 is 14.8 Å². The fourth-order valence-electron chi connectivity index (χ4n) is 2.06. The molecule has 1 unspecified atom stereocenters. The van der Waals surface area contributed by atoms with Crippen LogP contribution in [-0.2, 0) is 14.8 Å². The van der Waals surface area contributed by atoms with E-state index in [1.54, 1.807) is 12.1 Å². The highest BCUT2D eigenvalue weighted by Crippen LogP contribution is 2.16. The Labute approximate surface area is 118 Å². The van der Waals surface area contributed by atoms with E-state index in [0.717, 1.165) is 12.8 Å². The minimum atomic E-state index is -3.70. The Balaban J connectivity index is 2.14. The van der Waals surface area contributed by atoms with Crippen LogP contribution in [0.5, 0.6) is 5.75 Å². The number of methoxy groups -OCH3 is 1. The lowest BCUT2D eigenvalue weighted by molar-refractivity contribution is -0.122. The number of nitrogens with one attached hydrogen (secondary N) is 2. The van der Waals surface area contributed by atoms with Crippen molar-refractivity contribution in [3.8, 4) is 5.75 Å². The average Bonchev–Trinajstić information content (AvgIpc) is 2.64. The Kier molecular flexibility index (Phi) is 4.61. The summed E-state index contributed by atoms with van der Waals surface area (Å²) in [6.45, 7) is 0.597. The van der Waals surface area contributed by atoms with Crippen LogP contribution in [0.1, 0.15) is 19.3 Å². The quantitative estimate of drug-likeness (QED) is 0.854. The highest BCUT2D eigenvalue weighted by atomic mass is 32.2. The largest absolute Gasteiger partial charge is 0.497 e. The van der Waals surface area contributed by atoms with E-state index in [-0.39, 0.29) is 10.8 Å². The van der Waals surface area contributed by atoms with Gasteiger partial charge in [0.15, 0.2) is 0 Å². The predicted molar refractivity (Wildman–Crippen MR) is 74.0 cm³/mol. The van der Waals surface area contributed by atoms with Crippen LogP contribution in [-0.4, -0.2) is 34.0 Å². The summed E-state index contributed by atoms with van der Waals surface area (Å²) in [4.78, 5) is 11.9. The summed E-state index contributed by atoms with van der Waals surface area (Å²) in [5.41, 5.74) is 0. The van der Waals surface area contributed by atoms with Gasteiger partial charge in [-0.25, -0.2) is 8.42 Å². The van der Waals surface area contributed by atoms with E-state index < -0.39 is 16.1 Å². The standard InChI is InChI=1S/C13H18N2O4S/c1-19-10-5-7-11(8-6-10)20(17,18)15-12-4-2-3-9-14-13(12)16/h5-8,12,15H,2-4,9H2,1H3,(H,14,16). The Morgan fingerprint density at radius 1 is 1.25 bits per heavy atom. The summed E-state index contributed by atoms with van der Waals surface area (Å²) in [7, 11) is -2.19. The van der Waals surface area contributed by atoms with Gasteiger partial charge in [0, 0.05) is 6.54 Å². The molecule has 0 aliphatic carbocycles. The zero-order valence-corrected chi connectivity index (χ0v) is 12.1. The van der Waals surface area contributed by atoms with E-state index in [2.05, 4.69) is 10.0 Å². The Hall–Kier alpha value is -1.60. The summed E-state index contributed by atoms with van der Waals surface area (Å²) >= 11 is 0. The first-order valence-electron chi connectivity index (χ1n) is 6.47. The van der Waals surface area contributed by atoms with Crippen LogP contribution in [0.15, 0.2) is 29.2 Å². The van der Waals surface area contributed by atoms with Crippen molar-refractivity contribution in [3.05, 3.63) is 24.3 Å². The smallest absolute Gasteiger partial charge is 0.241 e. The molecule has 0 spiro atoms. The van der Waals surface area contributed by atoms with Gasteiger partial charge in [0.05, 0.1) is 12.0 Å². The third-order valence-electron chi connectivity index (χ3n) is 3.20. The lowest BCUT2D eigenvalue weighted by Crippen LogP contribution is -2.45. The normalized spacial score (nSPS) is 20.1. The van der Waals surface area contributed by atoms with E-state index in [1.165, 1.54) is 19.2 Å². The maximum absolute atomic E-state index is 12.2. The third kappa shape index (κ3) is 3.49. The number of hydrogen-bond acceptors (Lipinski definition) is 4. The van der Waals surface area contributed by atoms with Crippen LogP contribution in [0, 0.1) is 0 Å². The average molecular weight is 298 g/mol. The molecule has 2 N–H and O–H groups in total. The summed E-state index contributed by atoms with van der Waals surface area (Å²) in [5, 5.41) is 2.70. The summed E-state index contributed by atoms with van der Waals surface area (Å²) < 4.78 is 31.9. The van der Waals surface area contributed by atoms with Crippen molar-refractivity contribution < 1.29 is 17.9 Å². The van der Waals surface area contributed by atoms with Crippen molar-refractivity contribution in [2.45, 2.75) is 30.2 Å². The lowest BCUT2D eigenvalue weighted by atomic mass is 10.1. The van der Waals surface area contributed by atoms with Gasteiger partial charge in [0.1, 0.15) is 11.8 Å².